The number of hydrogen-bond donors (Lipinski definition) is 2. The second kappa shape index (κ2) is 8.94. The summed E-state index contributed by atoms with van der Waals surface area (Å²) in [6.45, 7) is 1.60. The Morgan fingerprint density at radius 2 is 1.56 bits per heavy atom. The maximum atomic E-state index is 13.0. The highest BCUT2D eigenvalue weighted by Crippen LogP contribution is 2.37. The number of alkyl halides is 3. The molecule has 176 valence electrons. The van der Waals surface area contributed by atoms with Gasteiger partial charge in [0.2, 0.25) is 0 Å². The van der Waals surface area contributed by atoms with Crippen molar-refractivity contribution in [2.45, 2.75) is 18.0 Å². The zero-order valence-electron chi connectivity index (χ0n) is 17.4. The number of sulfonamides is 1. The summed E-state index contributed by atoms with van der Waals surface area (Å²) in [5, 5.41) is 3.47. The van der Waals surface area contributed by atoms with Crippen molar-refractivity contribution in [1.29, 1.82) is 0 Å². The Labute approximate surface area is 202 Å². The number of rotatable bonds is 5. The lowest BCUT2D eigenvalue weighted by Gasteiger charge is -2.10. The van der Waals surface area contributed by atoms with Gasteiger partial charge in [0.15, 0.2) is 0 Å². The van der Waals surface area contributed by atoms with Gasteiger partial charge in [-0.15, -0.1) is 11.3 Å². The fourth-order valence-corrected chi connectivity index (χ4v) is 5.52. The first-order valence-electron chi connectivity index (χ1n) is 9.74. The molecule has 1 aromatic heterocycles. The molecule has 5 nitrogen and oxygen atoms in total. The van der Waals surface area contributed by atoms with Gasteiger partial charge >= 0.3 is 6.18 Å². The van der Waals surface area contributed by atoms with E-state index in [4.69, 9.17) is 11.6 Å². The van der Waals surface area contributed by atoms with E-state index in [0.717, 1.165) is 23.5 Å². The topological polar surface area (TPSA) is 75.3 Å². The summed E-state index contributed by atoms with van der Waals surface area (Å²) in [6.07, 6.45) is -4.47. The van der Waals surface area contributed by atoms with Crippen molar-refractivity contribution in [3.05, 3.63) is 87.8 Å². The van der Waals surface area contributed by atoms with Gasteiger partial charge in [0.25, 0.3) is 15.9 Å². The number of anilines is 2. The van der Waals surface area contributed by atoms with Gasteiger partial charge in [0, 0.05) is 21.1 Å². The molecule has 0 spiro atoms. The van der Waals surface area contributed by atoms with Crippen LogP contribution in [0.3, 0.4) is 0 Å². The highest BCUT2D eigenvalue weighted by atomic mass is 35.5. The van der Waals surface area contributed by atoms with Crippen LogP contribution in [0.25, 0.3) is 10.1 Å². The normalized spacial score (nSPS) is 12.0. The Hall–Kier alpha value is -3.08. The minimum absolute atomic E-state index is 0.0446. The summed E-state index contributed by atoms with van der Waals surface area (Å²) in [7, 11) is -3.82. The van der Waals surface area contributed by atoms with Crippen LogP contribution in [-0.4, -0.2) is 14.3 Å². The summed E-state index contributed by atoms with van der Waals surface area (Å²) in [5.41, 5.74) is 0.360. The number of halogens is 4. The van der Waals surface area contributed by atoms with Crippen LogP contribution in [0.4, 0.5) is 24.5 Å². The molecule has 0 unspecified atom stereocenters. The summed E-state index contributed by atoms with van der Waals surface area (Å²) < 4.78 is 67.0. The van der Waals surface area contributed by atoms with Gasteiger partial charge in [-0.05, 0) is 84.6 Å². The number of fused-ring (bicyclic) bond motifs is 1. The minimum Gasteiger partial charge on any atom is -0.321 e. The van der Waals surface area contributed by atoms with Gasteiger partial charge in [-0.3, -0.25) is 9.52 Å². The van der Waals surface area contributed by atoms with E-state index in [1.165, 1.54) is 54.6 Å². The predicted octanol–water partition coefficient (Wildman–Crippen LogP) is 6.94. The van der Waals surface area contributed by atoms with E-state index in [-0.39, 0.29) is 10.6 Å². The van der Waals surface area contributed by atoms with Crippen LogP contribution < -0.4 is 10.0 Å². The fourth-order valence-electron chi connectivity index (χ4n) is 3.25. The third kappa shape index (κ3) is 5.03. The smallest absolute Gasteiger partial charge is 0.321 e. The summed E-state index contributed by atoms with van der Waals surface area (Å²) >= 11 is 6.89. The van der Waals surface area contributed by atoms with Crippen molar-refractivity contribution in [3.63, 3.8) is 0 Å². The average molecular weight is 525 g/mol. The number of thiophene rings is 1. The molecule has 0 atom stereocenters. The SMILES string of the molecule is Cc1c(C(=O)Nc2ccc(NS(=O)(=O)c3ccc(Cl)cc3)cc2)sc2ccc(C(F)(F)F)cc12. The molecule has 3 aromatic carbocycles. The monoisotopic (exact) mass is 524 g/mol. The van der Waals surface area contributed by atoms with E-state index in [2.05, 4.69) is 10.0 Å². The first-order chi connectivity index (χ1) is 15.9. The Bertz CT molecular complexity index is 1480. The maximum Gasteiger partial charge on any atom is 0.416 e. The lowest BCUT2D eigenvalue weighted by Crippen LogP contribution is -2.13. The second-order valence-corrected chi connectivity index (χ2v) is 10.5. The molecule has 0 aliphatic carbocycles. The molecule has 34 heavy (non-hydrogen) atoms. The summed E-state index contributed by atoms with van der Waals surface area (Å²) in [4.78, 5) is 13.1. The van der Waals surface area contributed by atoms with Gasteiger partial charge in [0.05, 0.1) is 15.3 Å². The minimum atomic E-state index is -4.47. The van der Waals surface area contributed by atoms with Crippen LogP contribution in [0.2, 0.25) is 5.02 Å². The fraction of sp³-hybridized carbons (Fsp3) is 0.0870. The summed E-state index contributed by atoms with van der Waals surface area (Å²) in [5.74, 6) is -0.471. The molecular formula is C23H16ClF3N2O3S2. The number of hydrogen-bond acceptors (Lipinski definition) is 4. The highest BCUT2D eigenvalue weighted by molar-refractivity contribution is 7.92. The van der Waals surface area contributed by atoms with Crippen LogP contribution in [-0.2, 0) is 16.2 Å². The van der Waals surface area contributed by atoms with E-state index in [1.807, 2.05) is 0 Å². The van der Waals surface area contributed by atoms with E-state index < -0.39 is 27.7 Å². The molecule has 0 saturated carbocycles. The predicted molar refractivity (Wildman–Crippen MR) is 128 cm³/mol. The van der Waals surface area contributed by atoms with Gasteiger partial charge < -0.3 is 5.32 Å². The molecule has 1 amide bonds. The van der Waals surface area contributed by atoms with Gasteiger partial charge in [-0.2, -0.15) is 13.2 Å². The van der Waals surface area contributed by atoms with Crippen LogP contribution in [0.15, 0.2) is 71.6 Å². The molecule has 1 heterocycles. The number of benzene rings is 3. The maximum absolute atomic E-state index is 13.0. The van der Waals surface area contributed by atoms with Gasteiger partial charge in [-0.1, -0.05) is 11.6 Å². The third-order valence-corrected chi connectivity index (χ3v) is 7.91. The van der Waals surface area contributed by atoms with Crippen molar-refractivity contribution in [1.82, 2.24) is 0 Å². The molecule has 0 aliphatic heterocycles. The van der Waals surface area contributed by atoms with Crippen LogP contribution in [0.5, 0.6) is 0 Å². The molecule has 0 fully saturated rings. The summed E-state index contributed by atoms with van der Waals surface area (Å²) in [6, 6.07) is 15.1. The third-order valence-electron chi connectivity index (χ3n) is 4.99. The molecule has 2 N–H and O–H groups in total. The molecular weight excluding hydrogens is 509 g/mol. The highest BCUT2D eigenvalue weighted by Gasteiger charge is 2.31. The molecule has 0 bridgehead atoms. The van der Waals surface area contributed by atoms with Crippen molar-refractivity contribution in [2.24, 2.45) is 0 Å². The average Bonchev–Trinajstić information content (AvgIpc) is 3.11. The number of carbonyl (C=O) groups excluding carboxylic acids is 1. The van der Waals surface area contributed by atoms with Crippen molar-refractivity contribution in [2.75, 3.05) is 10.0 Å². The zero-order valence-corrected chi connectivity index (χ0v) is 19.8. The first-order valence-corrected chi connectivity index (χ1v) is 12.4. The lowest BCUT2D eigenvalue weighted by molar-refractivity contribution is -0.137. The van der Waals surface area contributed by atoms with E-state index >= 15 is 0 Å². The molecule has 4 rings (SSSR count). The van der Waals surface area contributed by atoms with Crippen molar-refractivity contribution >= 4 is 60.3 Å². The number of aryl methyl sites for hydroxylation is 1. The number of carbonyl (C=O) groups is 1. The quantitative estimate of drug-likeness (QED) is 0.297. The lowest BCUT2D eigenvalue weighted by atomic mass is 10.1. The molecule has 0 saturated heterocycles. The number of amides is 1. The van der Waals surface area contributed by atoms with Crippen molar-refractivity contribution < 1.29 is 26.4 Å². The number of nitrogens with one attached hydrogen (secondary N) is 2. The molecule has 0 radical (unpaired) electrons. The largest absolute Gasteiger partial charge is 0.416 e. The van der Waals surface area contributed by atoms with Gasteiger partial charge in [0.1, 0.15) is 0 Å². The van der Waals surface area contributed by atoms with Crippen LogP contribution in [0.1, 0.15) is 20.8 Å². The Morgan fingerprint density at radius 1 is 0.941 bits per heavy atom. The zero-order chi connectivity index (χ0) is 24.7. The van der Waals surface area contributed by atoms with Crippen LogP contribution in [0, 0.1) is 6.92 Å². The van der Waals surface area contributed by atoms with Gasteiger partial charge in [-0.25, -0.2) is 8.42 Å². The molecule has 0 aliphatic rings. The second-order valence-electron chi connectivity index (χ2n) is 7.36. The Balaban J connectivity index is 1.50. The van der Waals surface area contributed by atoms with E-state index in [1.54, 1.807) is 6.92 Å². The van der Waals surface area contributed by atoms with E-state index in [9.17, 15) is 26.4 Å². The van der Waals surface area contributed by atoms with Crippen LogP contribution >= 0.6 is 22.9 Å². The standard InChI is InChI=1S/C23H16ClF3N2O3S2/c1-13-19-12-14(23(25,26)27)2-11-20(19)33-21(13)22(30)28-16-5-7-17(8-6-16)29-34(31,32)18-9-3-15(24)4-10-18/h2-12,29H,1H3,(H,28,30). The van der Waals surface area contributed by atoms with Crippen molar-refractivity contribution in [3.8, 4) is 0 Å². The Kier molecular flexibility index (Phi) is 6.32. The van der Waals surface area contributed by atoms with E-state index in [0.29, 0.717) is 31.2 Å². The first kappa shape index (κ1) is 24.1. The molecule has 11 heteroatoms. The Morgan fingerprint density at radius 3 is 2.18 bits per heavy atom. The molecule has 4 aromatic rings.